The molecular weight excluding hydrogens is 218 g/mol. The molecule has 1 aromatic rings. The minimum atomic E-state index is 0.408. The van der Waals surface area contributed by atoms with E-state index >= 15 is 0 Å². The third-order valence-corrected chi connectivity index (χ3v) is 3.38. The fourth-order valence-corrected chi connectivity index (χ4v) is 2.14. The topological polar surface area (TPSA) is 60.2 Å². The molecule has 17 heavy (non-hydrogen) atoms. The highest BCUT2D eigenvalue weighted by molar-refractivity contribution is 5.01. The quantitative estimate of drug-likeness (QED) is 0.835. The zero-order chi connectivity index (χ0) is 11.5. The lowest BCUT2D eigenvalue weighted by Crippen LogP contribution is -2.32. The Balaban J connectivity index is 1.40. The molecule has 1 saturated carbocycles. The lowest BCUT2D eigenvalue weighted by atomic mass is 10.1. The number of hydrogen-bond acceptors (Lipinski definition) is 5. The molecular formula is C12H19N3O2. The van der Waals surface area contributed by atoms with Crippen molar-refractivity contribution < 1.29 is 9.26 Å². The molecule has 0 bridgehead atoms. The van der Waals surface area contributed by atoms with E-state index in [2.05, 4.69) is 15.5 Å². The second-order valence-corrected chi connectivity index (χ2v) is 4.89. The Morgan fingerprint density at radius 1 is 1.24 bits per heavy atom. The van der Waals surface area contributed by atoms with Gasteiger partial charge < -0.3 is 14.6 Å². The Labute approximate surface area is 101 Å². The monoisotopic (exact) mass is 237 g/mol. The summed E-state index contributed by atoms with van der Waals surface area (Å²) in [6.45, 7) is 2.84. The third kappa shape index (κ3) is 3.04. The number of aromatic nitrogens is 2. The molecule has 5 nitrogen and oxygen atoms in total. The molecule has 94 valence electrons. The minimum Gasteiger partial charge on any atom is -0.378 e. The van der Waals surface area contributed by atoms with E-state index < -0.39 is 0 Å². The molecule has 0 unspecified atom stereocenters. The van der Waals surface area contributed by atoms with Crippen molar-refractivity contribution in [1.82, 2.24) is 15.5 Å². The van der Waals surface area contributed by atoms with E-state index in [1.165, 1.54) is 12.8 Å². The van der Waals surface area contributed by atoms with Gasteiger partial charge in [0.15, 0.2) is 5.82 Å². The highest BCUT2D eigenvalue weighted by Gasteiger charge is 2.29. The fraction of sp³-hybridized carbons (Fsp3) is 0.833. The molecule has 0 radical (unpaired) electrons. The summed E-state index contributed by atoms with van der Waals surface area (Å²) in [6.07, 6.45) is 5.80. The number of rotatable bonds is 5. The SMILES string of the molecule is C1CC(OCCc2noc(C3CC3)n2)CCN1. The number of hydrogen-bond donors (Lipinski definition) is 1. The zero-order valence-corrected chi connectivity index (χ0v) is 10.0. The molecule has 2 aliphatic rings. The zero-order valence-electron chi connectivity index (χ0n) is 10.0. The molecule has 1 aliphatic heterocycles. The first-order valence-corrected chi connectivity index (χ1v) is 6.56. The van der Waals surface area contributed by atoms with E-state index in [1.54, 1.807) is 0 Å². The molecule has 0 spiro atoms. The Hall–Kier alpha value is -0.940. The summed E-state index contributed by atoms with van der Waals surface area (Å²) in [7, 11) is 0. The maximum atomic E-state index is 5.81. The summed E-state index contributed by atoms with van der Waals surface area (Å²) in [4.78, 5) is 4.38. The fourth-order valence-electron chi connectivity index (χ4n) is 2.14. The van der Waals surface area contributed by atoms with Crippen LogP contribution in [0, 0.1) is 0 Å². The predicted molar refractivity (Wildman–Crippen MR) is 61.8 cm³/mol. The summed E-state index contributed by atoms with van der Waals surface area (Å²) >= 11 is 0. The third-order valence-electron chi connectivity index (χ3n) is 3.38. The van der Waals surface area contributed by atoms with E-state index in [0.717, 1.165) is 44.1 Å². The van der Waals surface area contributed by atoms with Crippen molar-refractivity contribution in [3.8, 4) is 0 Å². The average Bonchev–Trinajstić information content (AvgIpc) is 3.11. The van der Waals surface area contributed by atoms with Crippen LogP contribution in [0.25, 0.3) is 0 Å². The largest absolute Gasteiger partial charge is 0.378 e. The molecule has 0 atom stereocenters. The van der Waals surface area contributed by atoms with Gasteiger partial charge in [-0.25, -0.2) is 0 Å². The van der Waals surface area contributed by atoms with Crippen molar-refractivity contribution in [2.24, 2.45) is 0 Å². The van der Waals surface area contributed by atoms with Crippen LogP contribution < -0.4 is 5.32 Å². The predicted octanol–water partition coefficient (Wildman–Crippen LogP) is 1.26. The van der Waals surface area contributed by atoms with Gasteiger partial charge in [0, 0.05) is 12.3 Å². The summed E-state index contributed by atoms with van der Waals surface area (Å²) in [5.41, 5.74) is 0. The van der Waals surface area contributed by atoms with Crippen molar-refractivity contribution >= 4 is 0 Å². The second kappa shape index (κ2) is 5.14. The summed E-state index contributed by atoms with van der Waals surface area (Å²) in [5.74, 6) is 2.16. The Kier molecular flexibility index (Phi) is 3.38. The van der Waals surface area contributed by atoms with Crippen LogP contribution in [0.5, 0.6) is 0 Å². The van der Waals surface area contributed by atoms with E-state index in [9.17, 15) is 0 Å². The number of ether oxygens (including phenoxy) is 1. The van der Waals surface area contributed by atoms with Crippen LogP contribution in [0.2, 0.25) is 0 Å². The highest BCUT2D eigenvalue weighted by Crippen LogP contribution is 2.38. The maximum Gasteiger partial charge on any atom is 0.229 e. The number of nitrogens with one attached hydrogen (secondary N) is 1. The van der Waals surface area contributed by atoms with Crippen LogP contribution in [0.1, 0.15) is 43.3 Å². The molecule has 2 fully saturated rings. The Bertz CT molecular complexity index is 356. The van der Waals surface area contributed by atoms with Gasteiger partial charge in [-0.2, -0.15) is 4.98 Å². The van der Waals surface area contributed by atoms with Crippen molar-refractivity contribution in [1.29, 1.82) is 0 Å². The van der Waals surface area contributed by atoms with Gasteiger partial charge >= 0.3 is 0 Å². The van der Waals surface area contributed by atoms with E-state index in [4.69, 9.17) is 9.26 Å². The van der Waals surface area contributed by atoms with Gasteiger partial charge in [0.05, 0.1) is 12.7 Å². The van der Waals surface area contributed by atoms with E-state index in [-0.39, 0.29) is 0 Å². The summed E-state index contributed by atoms with van der Waals surface area (Å²) < 4.78 is 11.0. The van der Waals surface area contributed by atoms with Crippen molar-refractivity contribution in [3.63, 3.8) is 0 Å². The van der Waals surface area contributed by atoms with Crippen molar-refractivity contribution in [2.75, 3.05) is 19.7 Å². The molecule has 3 rings (SSSR count). The van der Waals surface area contributed by atoms with E-state index in [1.807, 2.05) is 0 Å². The first kappa shape index (κ1) is 11.2. The van der Waals surface area contributed by atoms with E-state index in [0.29, 0.717) is 18.6 Å². The van der Waals surface area contributed by atoms with Gasteiger partial charge in [-0.3, -0.25) is 0 Å². The van der Waals surface area contributed by atoms with Crippen LogP contribution in [0.15, 0.2) is 4.52 Å². The second-order valence-electron chi connectivity index (χ2n) is 4.89. The Morgan fingerprint density at radius 2 is 2.06 bits per heavy atom. The number of nitrogens with zero attached hydrogens (tertiary/aromatic N) is 2. The molecule has 5 heteroatoms. The van der Waals surface area contributed by atoms with Crippen molar-refractivity contribution in [3.05, 3.63) is 11.7 Å². The van der Waals surface area contributed by atoms with Crippen molar-refractivity contribution in [2.45, 2.75) is 44.1 Å². The molecule has 1 aromatic heterocycles. The molecule has 0 amide bonds. The van der Waals surface area contributed by atoms with Gasteiger partial charge in [-0.1, -0.05) is 5.16 Å². The van der Waals surface area contributed by atoms with Crippen LogP contribution >= 0.6 is 0 Å². The van der Waals surface area contributed by atoms with Crippen LogP contribution in [-0.2, 0) is 11.2 Å². The van der Waals surface area contributed by atoms with Gasteiger partial charge in [0.25, 0.3) is 0 Å². The van der Waals surface area contributed by atoms with Crippen LogP contribution in [0.3, 0.4) is 0 Å². The standard InChI is InChI=1S/C12H19N3O2/c1-2-9(1)12-14-11(15-17-12)5-8-16-10-3-6-13-7-4-10/h9-10,13H,1-8H2. The van der Waals surface area contributed by atoms with Gasteiger partial charge in [-0.15, -0.1) is 0 Å². The molecule has 1 N–H and O–H groups in total. The van der Waals surface area contributed by atoms with Gasteiger partial charge in [0.2, 0.25) is 5.89 Å². The lowest BCUT2D eigenvalue weighted by Gasteiger charge is -2.22. The number of piperidine rings is 1. The first-order valence-electron chi connectivity index (χ1n) is 6.56. The lowest BCUT2D eigenvalue weighted by molar-refractivity contribution is 0.0340. The van der Waals surface area contributed by atoms with Gasteiger partial charge in [0.1, 0.15) is 0 Å². The minimum absolute atomic E-state index is 0.408. The smallest absolute Gasteiger partial charge is 0.229 e. The van der Waals surface area contributed by atoms with Crippen LogP contribution in [-0.4, -0.2) is 35.9 Å². The summed E-state index contributed by atoms with van der Waals surface area (Å²) in [6, 6.07) is 0. The highest BCUT2D eigenvalue weighted by atomic mass is 16.5. The normalized spacial score (nSPS) is 21.9. The maximum absolute atomic E-state index is 5.81. The summed E-state index contributed by atoms with van der Waals surface area (Å²) in [5, 5.41) is 7.31. The van der Waals surface area contributed by atoms with Gasteiger partial charge in [-0.05, 0) is 38.8 Å². The molecule has 1 aliphatic carbocycles. The molecule has 2 heterocycles. The Morgan fingerprint density at radius 3 is 2.82 bits per heavy atom. The average molecular weight is 237 g/mol. The molecule has 0 aromatic carbocycles. The first-order chi connectivity index (χ1) is 8.42. The molecule has 1 saturated heterocycles. The van der Waals surface area contributed by atoms with Crippen LogP contribution in [0.4, 0.5) is 0 Å².